The molecule has 6 heteroatoms. The molecule has 0 aliphatic carbocycles. The van der Waals surface area contributed by atoms with Crippen LogP contribution in [-0.2, 0) is 9.84 Å². The number of sulfone groups is 1. The summed E-state index contributed by atoms with van der Waals surface area (Å²) in [5.74, 6) is 0.651. The Kier molecular flexibility index (Phi) is 5.11. The molecule has 1 aliphatic heterocycles. The first-order chi connectivity index (χ1) is 10.1. The van der Waals surface area contributed by atoms with Gasteiger partial charge in [0.15, 0.2) is 0 Å². The van der Waals surface area contributed by atoms with Crippen LogP contribution in [0.2, 0.25) is 0 Å². The largest absolute Gasteiger partial charge is 0.493 e. The summed E-state index contributed by atoms with van der Waals surface area (Å²) in [6.07, 6.45) is 0.883. The van der Waals surface area contributed by atoms with Crippen molar-refractivity contribution in [1.29, 1.82) is 0 Å². The molecule has 0 radical (unpaired) electrons. The Morgan fingerprint density at radius 1 is 1.09 bits per heavy atom. The molecule has 2 aromatic carbocycles. The van der Waals surface area contributed by atoms with Crippen molar-refractivity contribution in [3.8, 4) is 5.75 Å². The molecule has 4 nitrogen and oxygen atoms in total. The van der Waals surface area contributed by atoms with Crippen LogP contribution in [0.5, 0.6) is 5.75 Å². The Morgan fingerprint density at radius 2 is 1.82 bits per heavy atom. The van der Waals surface area contributed by atoms with E-state index in [1.807, 2.05) is 13.1 Å². The van der Waals surface area contributed by atoms with Crippen LogP contribution in [0.25, 0.3) is 0 Å². The molecule has 0 fully saturated rings. The van der Waals surface area contributed by atoms with Crippen LogP contribution in [0.15, 0.2) is 58.3 Å². The molecule has 1 atom stereocenters. The molecule has 1 unspecified atom stereocenters. The predicted molar refractivity (Wildman–Crippen MR) is 87.5 cm³/mol. The fourth-order valence-corrected chi connectivity index (χ4v) is 3.87. The third kappa shape index (κ3) is 2.97. The van der Waals surface area contributed by atoms with Crippen molar-refractivity contribution >= 4 is 22.2 Å². The van der Waals surface area contributed by atoms with Gasteiger partial charge in [0.1, 0.15) is 5.75 Å². The van der Waals surface area contributed by atoms with Gasteiger partial charge in [-0.2, -0.15) is 0 Å². The van der Waals surface area contributed by atoms with Gasteiger partial charge in [0, 0.05) is 18.0 Å². The number of nitrogens with one attached hydrogen (secondary N) is 1. The van der Waals surface area contributed by atoms with Crippen molar-refractivity contribution < 1.29 is 13.2 Å². The van der Waals surface area contributed by atoms with Gasteiger partial charge in [-0.3, -0.25) is 0 Å². The van der Waals surface area contributed by atoms with Crippen molar-refractivity contribution in [3.05, 3.63) is 54.1 Å². The van der Waals surface area contributed by atoms with Gasteiger partial charge in [-0.15, -0.1) is 12.4 Å². The molecule has 0 saturated heterocycles. The van der Waals surface area contributed by atoms with Gasteiger partial charge in [-0.25, -0.2) is 8.42 Å². The molecule has 2 aromatic rings. The highest BCUT2D eigenvalue weighted by atomic mass is 35.5. The van der Waals surface area contributed by atoms with Gasteiger partial charge in [-0.1, -0.05) is 24.3 Å². The fourth-order valence-electron chi connectivity index (χ4n) is 2.57. The highest BCUT2D eigenvalue weighted by Gasteiger charge is 2.24. The minimum Gasteiger partial charge on any atom is -0.493 e. The minimum atomic E-state index is -3.50. The van der Waals surface area contributed by atoms with Gasteiger partial charge >= 0.3 is 0 Å². The molecule has 1 N–H and O–H groups in total. The maximum absolute atomic E-state index is 12.6. The van der Waals surface area contributed by atoms with Crippen LogP contribution < -0.4 is 10.1 Å². The molecule has 22 heavy (non-hydrogen) atoms. The first-order valence-corrected chi connectivity index (χ1v) is 8.35. The van der Waals surface area contributed by atoms with Gasteiger partial charge < -0.3 is 10.1 Å². The maximum atomic E-state index is 12.6. The zero-order valence-corrected chi connectivity index (χ0v) is 13.8. The number of ether oxygens (including phenoxy) is 1. The molecule has 0 aromatic heterocycles. The van der Waals surface area contributed by atoms with Gasteiger partial charge in [0.05, 0.1) is 16.4 Å². The van der Waals surface area contributed by atoms with Crippen molar-refractivity contribution in [2.45, 2.75) is 22.3 Å². The molecular weight excluding hydrogens is 322 g/mol. The number of benzene rings is 2. The van der Waals surface area contributed by atoms with Crippen LogP contribution in [0, 0.1) is 0 Å². The van der Waals surface area contributed by atoms with Crippen LogP contribution in [0.1, 0.15) is 18.0 Å². The van der Waals surface area contributed by atoms with Crippen LogP contribution in [0.4, 0.5) is 0 Å². The molecule has 0 amide bonds. The normalized spacial score (nSPS) is 17.0. The fraction of sp³-hybridized carbons (Fsp3) is 0.250. The van der Waals surface area contributed by atoms with E-state index < -0.39 is 9.84 Å². The molecule has 1 aliphatic rings. The SMILES string of the molecule is CNC1CCOc2cc(S(=O)(=O)c3ccccc3)ccc21.Cl. The number of rotatable bonds is 3. The van der Waals surface area contributed by atoms with E-state index in [2.05, 4.69) is 5.32 Å². The standard InChI is InChI=1S/C16H17NO3S.ClH/c1-17-15-9-10-20-16-11-13(7-8-14(15)16)21(18,19)12-5-3-2-4-6-12;/h2-8,11,15,17H,9-10H2,1H3;1H. The summed E-state index contributed by atoms with van der Waals surface area (Å²) in [4.78, 5) is 0.565. The minimum absolute atomic E-state index is 0. The number of fused-ring (bicyclic) bond motifs is 1. The molecule has 0 saturated carbocycles. The van der Waals surface area contributed by atoms with Crippen molar-refractivity contribution in [2.75, 3.05) is 13.7 Å². The quantitative estimate of drug-likeness (QED) is 0.934. The lowest BCUT2D eigenvalue weighted by atomic mass is 10.0. The van der Waals surface area contributed by atoms with E-state index in [0.717, 1.165) is 12.0 Å². The highest BCUT2D eigenvalue weighted by molar-refractivity contribution is 7.91. The average Bonchev–Trinajstić information content (AvgIpc) is 2.54. The Bertz CT molecular complexity index is 747. The monoisotopic (exact) mass is 339 g/mol. The van der Waals surface area contributed by atoms with Crippen LogP contribution >= 0.6 is 12.4 Å². The lowest BCUT2D eigenvalue weighted by Crippen LogP contribution is -2.24. The molecule has 1 heterocycles. The van der Waals surface area contributed by atoms with E-state index in [0.29, 0.717) is 17.3 Å². The third-order valence-corrected chi connectivity index (χ3v) is 5.50. The third-order valence-electron chi connectivity index (χ3n) is 3.74. The highest BCUT2D eigenvalue weighted by Crippen LogP contribution is 2.34. The average molecular weight is 340 g/mol. The first kappa shape index (κ1) is 16.8. The maximum Gasteiger partial charge on any atom is 0.206 e. The van der Waals surface area contributed by atoms with E-state index in [4.69, 9.17) is 4.74 Å². The number of hydrogen-bond acceptors (Lipinski definition) is 4. The van der Waals surface area contributed by atoms with E-state index in [1.54, 1.807) is 42.5 Å². The number of halogens is 1. The van der Waals surface area contributed by atoms with Gasteiger partial charge in [-0.05, 0) is 31.3 Å². The Balaban J connectivity index is 0.00000176. The molecular formula is C16H18ClNO3S. The zero-order chi connectivity index (χ0) is 14.9. The summed E-state index contributed by atoms with van der Waals surface area (Å²) in [6.45, 7) is 0.591. The smallest absolute Gasteiger partial charge is 0.206 e. The second-order valence-corrected chi connectivity index (χ2v) is 6.94. The summed E-state index contributed by atoms with van der Waals surface area (Å²) >= 11 is 0. The van der Waals surface area contributed by atoms with Gasteiger partial charge in [0.25, 0.3) is 0 Å². The second kappa shape index (κ2) is 6.69. The second-order valence-electron chi connectivity index (χ2n) is 4.99. The summed E-state index contributed by atoms with van der Waals surface area (Å²) < 4.78 is 30.8. The summed E-state index contributed by atoms with van der Waals surface area (Å²) in [5, 5.41) is 3.22. The van der Waals surface area contributed by atoms with Gasteiger partial charge in [0.2, 0.25) is 9.84 Å². The molecule has 0 bridgehead atoms. The first-order valence-electron chi connectivity index (χ1n) is 6.87. The Hall–Kier alpha value is -1.56. The predicted octanol–water partition coefficient (Wildman–Crippen LogP) is 2.98. The molecule has 3 rings (SSSR count). The Morgan fingerprint density at radius 3 is 2.50 bits per heavy atom. The number of hydrogen-bond donors (Lipinski definition) is 1. The summed E-state index contributed by atoms with van der Waals surface area (Å²) in [7, 11) is -1.60. The summed E-state index contributed by atoms with van der Waals surface area (Å²) in [6, 6.07) is 13.8. The topological polar surface area (TPSA) is 55.4 Å². The van der Waals surface area contributed by atoms with E-state index in [1.165, 1.54) is 0 Å². The van der Waals surface area contributed by atoms with Crippen LogP contribution in [0.3, 0.4) is 0 Å². The lowest BCUT2D eigenvalue weighted by Gasteiger charge is -2.26. The van der Waals surface area contributed by atoms with Crippen LogP contribution in [-0.4, -0.2) is 22.1 Å². The van der Waals surface area contributed by atoms with E-state index >= 15 is 0 Å². The van der Waals surface area contributed by atoms with Crippen molar-refractivity contribution in [3.63, 3.8) is 0 Å². The molecule has 0 spiro atoms. The van der Waals surface area contributed by atoms with E-state index in [9.17, 15) is 8.42 Å². The zero-order valence-electron chi connectivity index (χ0n) is 12.2. The van der Waals surface area contributed by atoms with Crippen molar-refractivity contribution in [1.82, 2.24) is 5.32 Å². The summed E-state index contributed by atoms with van der Waals surface area (Å²) in [5.41, 5.74) is 1.01. The molecule has 118 valence electrons. The van der Waals surface area contributed by atoms with Crippen molar-refractivity contribution in [2.24, 2.45) is 0 Å². The lowest BCUT2D eigenvalue weighted by molar-refractivity contribution is 0.256. The van der Waals surface area contributed by atoms with E-state index in [-0.39, 0.29) is 23.3 Å². The Labute approximate surface area is 136 Å².